The van der Waals surface area contributed by atoms with Crippen LogP contribution in [0.3, 0.4) is 0 Å². The molecule has 0 saturated heterocycles. The molecule has 0 heterocycles. The Morgan fingerprint density at radius 2 is 0.667 bits per heavy atom. The second-order valence-electron chi connectivity index (χ2n) is 9.65. The van der Waals surface area contributed by atoms with E-state index in [-0.39, 0.29) is 5.69 Å². The Balaban J connectivity index is 1.17. The quantitative estimate of drug-likeness (QED) is 0.0458. The van der Waals surface area contributed by atoms with Crippen LogP contribution in [0.1, 0.15) is 10.4 Å². The fourth-order valence-electron chi connectivity index (χ4n) is 3.60. The number of carbonyl (C=O) groups excluding carboxylic acids is 1. The van der Waals surface area contributed by atoms with E-state index < -0.39 is 4.92 Å². The number of non-ortho nitro benzene ring substituents is 1. The summed E-state index contributed by atoms with van der Waals surface area (Å²) < 4.78 is 60.1. The minimum atomic E-state index is -0.454. The predicted molar refractivity (Wildman–Crippen MR) is 173 cm³/mol. The molecule has 2 aromatic carbocycles. The summed E-state index contributed by atoms with van der Waals surface area (Å²) in [5, 5.41) is 10.6. The molecule has 0 N–H and O–H groups in total. The topological polar surface area (TPSA) is 162 Å². The van der Waals surface area contributed by atoms with E-state index in [1.165, 1.54) is 12.1 Å². The maximum atomic E-state index is 10.6. The van der Waals surface area contributed by atoms with Gasteiger partial charge < -0.3 is 52.1 Å². The predicted octanol–water partition coefficient (Wildman–Crippen LogP) is 3.01. The second kappa shape index (κ2) is 29.9. The van der Waals surface area contributed by atoms with Crippen LogP contribution >= 0.6 is 0 Å². The third kappa shape index (κ3) is 23.1. The highest BCUT2D eigenvalue weighted by atomic mass is 16.6. The molecule has 270 valence electrons. The molecule has 15 heteroatoms. The van der Waals surface area contributed by atoms with Gasteiger partial charge in [-0.05, 0) is 36.4 Å². The van der Waals surface area contributed by atoms with Gasteiger partial charge >= 0.3 is 0 Å². The van der Waals surface area contributed by atoms with Crippen molar-refractivity contribution in [3.05, 3.63) is 64.2 Å². The minimum absolute atomic E-state index is 0.0227. The lowest BCUT2D eigenvalue weighted by Crippen LogP contribution is -2.15. The van der Waals surface area contributed by atoms with Crippen LogP contribution in [-0.4, -0.2) is 143 Å². The Morgan fingerprint density at radius 1 is 0.417 bits per heavy atom. The lowest BCUT2D eigenvalue weighted by molar-refractivity contribution is -0.384. The monoisotopic (exact) mass is 683 g/mol. The van der Waals surface area contributed by atoms with Crippen LogP contribution in [0.15, 0.2) is 48.5 Å². The van der Waals surface area contributed by atoms with E-state index in [1.54, 1.807) is 36.4 Å². The number of benzene rings is 2. The molecule has 0 aliphatic rings. The Morgan fingerprint density at radius 3 is 0.917 bits per heavy atom. The number of aldehydes is 1. The molecular weight excluding hydrogens is 634 g/mol. The number of hydrogen-bond donors (Lipinski definition) is 0. The zero-order valence-corrected chi connectivity index (χ0v) is 27.5. The summed E-state index contributed by atoms with van der Waals surface area (Å²) in [4.78, 5) is 20.8. The smallest absolute Gasteiger partial charge is 0.269 e. The van der Waals surface area contributed by atoms with Crippen LogP contribution in [0.25, 0.3) is 0 Å². The summed E-state index contributed by atoms with van der Waals surface area (Å²) in [5.41, 5.74) is 0.635. The van der Waals surface area contributed by atoms with Crippen LogP contribution in [0, 0.1) is 10.1 Å². The molecule has 0 bridgehead atoms. The largest absolute Gasteiger partial charge is 0.491 e. The van der Waals surface area contributed by atoms with Crippen LogP contribution in [-0.2, 0) is 42.6 Å². The molecule has 0 aromatic heterocycles. The highest BCUT2D eigenvalue weighted by Gasteiger charge is 2.04. The summed E-state index contributed by atoms with van der Waals surface area (Å²) in [5.74, 6) is 1.25. The number of nitro benzene ring substituents is 1. The molecule has 48 heavy (non-hydrogen) atoms. The van der Waals surface area contributed by atoms with Gasteiger partial charge in [0, 0.05) is 17.7 Å². The van der Waals surface area contributed by atoms with Crippen molar-refractivity contribution in [1.29, 1.82) is 0 Å². The second-order valence-corrected chi connectivity index (χ2v) is 9.65. The first-order chi connectivity index (χ1) is 23.7. The summed E-state index contributed by atoms with van der Waals surface area (Å²) in [6.07, 6.45) is 0.793. The first-order valence-electron chi connectivity index (χ1n) is 15.9. The molecule has 0 aliphatic heterocycles. The number of ether oxygens (including phenoxy) is 11. The highest BCUT2D eigenvalue weighted by Crippen LogP contribution is 2.17. The Kier molecular flexibility index (Phi) is 25.5. The number of nitrogens with zero attached hydrogens (tertiary/aromatic N) is 1. The lowest BCUT2D eigenvalue weighted by atomic mass is 10.2. The highest BCUT2D eigenvalue weighted by molar-refractivity contribution is 5.74. The molecule has 2 rings (SSSR count). The fourth-order valence-corrected chi connectivity index (χ4v) is 3.60. The van der Waals surface area contributed by atoms with Crippen LogP contribution < -0.4 is 9.47 Å². The third-order valence-corrected chi connectivity index (χ3v) is 6.03. The van der Waals surface area contributed by atoms with E-state index in [2.05, 4.69) is 0 Å². The van der Waals surface area contributed by atoms with Gasteiger partial charge in [-0.25, -0.2) is 0 Å². The number of nitro groups is 1. The third-order valence-electron chi connectivity index (χ3n) is 6.03. The van der Waals surface area contributed by atoms with E-state index in [0.29, 0.717) is 149 Å². The molecule has 0 radical (unpaired) electrons. The van der Waals surface area contributed by atoms with Gasteiger partial charge in [0.15, 0.2) is 0 Å². The average molecular weight is 684 g/mol. The molecule has 0 spiro atoms. The van der Waals surface area contributed by atoms with Crippen LogP contribution in [0.4, 0.5) is 5.69 Å². The molecule has 0 fully saturated rings. The lowest BCUT2D eigenvalue weighted by Gasteiger charge is -2.09. The molecule has 0 atom stereocenters. The van der Waals surface area contributed by atoms with Crippen LogP contribution in [0.2, 0.25) is 0 Å². The zero-order chi connectivity index (χ0) is 34.2. The van der Waals surface area contributed by atoms with Gasteiger partial charge in [0.25, 0.3) is 5.69 Å². The SMILES string of the molecule is O=Cc1ccc(OCCOCCOCCOCCOCCOCCOCCOCCOCCOCCOc2ccc([N+](=O)[O-])cc2)cc1. The number of hydrogen-bond acceptors (Lipinski definition) is 14. The van der Waals surface area contributed by atoms with Crippen molar-refractivity contribution in [3.8, 4) is 11.5 Å². The standard InChI is InChI=1S/C33H49NO14/c35-29-30-1-5-32(6-2-30)47-27-25-45-23-21-43-19-17-41-15-13-39-11-9-38-10-12-40-14-16-42-18-20-44-22-24-46-26-28-48-33-7-3-31(4-8-33)34(36)37/h1-8,29H,9-28H2. The normalized spacial score (nSPS) is 11.1. The maximum Gasteiger partial charge on any atom is 0.269 e. The number of rotatable bonds is 34. The Bertz CT molecular complexity index is 1040. The van der Waals surface area contributed by atoms with Gasteiger partial charge in [0.1, 0.15) is 31.0 Å². The molecule has 0 saturated carbocycles. The van der Waals surface area contributed by atoms with Crippen molar-refractivity contribution >= 4 is 12.0 Å². The molecule has 2 aromatic rings. The maximum absolute atomic E-state index is 10.6. The summed E-state index contributed by atoms with van der Waals surface area (Å²) in [6.45, 7) is 9.13. The van der Waals surface area contributed by atoms with Gasteiger partial charge in [-0.3, -0.25) is 14.9 Å². The van der Waals surface area contributed by atoms with Gasteiger partial charge in [-0.1, -0.05) is 0 Å². The fraction of sp³-hybridized carbons (Fsp3) is 0.606. The van der Waals surface area contributed by atoms with Gasteiger partial charge in [-0.2, -0.15) is 0 Å². The van der Waals surface area contributed by atoms with E-state index in [4.69, 9.17) is 52.1 Å². The molecular formula is C33H49NO14. The van der Waals surface area contributed by atoms with E-state index in [1.807, 2.05) is 0 Å². The van der Waals surface area contributed by atoms with Gasteiger partial charge in [0.2, 0.25) is 0 Å². The van der Waals surface area contributed by atoms with Crippen molar-refractivity contribution in [2.45, 2.75) is 0 Å². The van der Waals surface area contributed by atoms with Gasteiger partial charge in [0.05, 0.1) is 124 Å². The van der Waals surface area contributed by atoms with Crippen molar-refractivity contribution in [2.75, 3.05) is 132 Å². The Labute approximate surface area is 281 Å². The van der Waals surface area contributed by atoms with Crippen molar-refractivity contribution in [1.82, 2.24) is 0 Å². The molecule has 0 aliphatic carbocycles. The van der Waals surface area contributed by atoms with E-state index >= 15 is 0 Å². The minimum Gasteiger partial charge on any atom is -0.491 e. The molecule has 0 amide bonds. The first kappa shape index (κ1) is 40.9. The average Bonchev–Trinajstić information content (AvgIpc) is 3.11. The van der Waals surface area contributed by atoms with Crippen molar-refractivity contribution < 1.29 is 61.8 Å². The Hall–Kier alpha value is -3.25. The summed E-state index contributed by atoms with van der Waals surface area (Å²) in [6, 6.07) is 12.8. The summed E-state index contributed by atoms with van der Waals surface area (Å²) >= 11 is 0. The van der Waals surface area contributed by atoms with Gasteiger partial charge in [-0.15, -0.1) is 0 Å². The molecule has 0 unspecified atom stereocenters. The summed E-state index contributed by atoms with van der Waals surface area (Å²) in [7, 11) is 0. The van der Waals surface area contributed by atoms with Crippen molar-refractivity contribution in [3.63, 3.8) is 0 Å². The van der Waals surface area contributed by atoms with E-state index in [0.717, 1.165) is 6.29 Å². The van der Waals surface area contributed by atoms with Crippen molar-refractivity contribution in [2.24, 2.45) is 0 Å². The number of carbonyl (C=O) groups is 1. The van der Waals surface area contributed by atoms with E-state index in [9.17, 15) is 14.9 Å². The first-order valence-corrected chi connectivity index (χ1v) is 15.9. The zero-order valence-electron chi connectivity index (χ0n) is 27.5. The van der Waals surface area contributed by atoms with Crippen LogP contribution in [0.5, 0.6) is 11.5 Å². The molecule has 15 nitrogen and oxygen atoms in total.